The summed E-state index contributed by atoms with van der Waals surface area (Å²) in [6.07, 6.45) is -2.01. The summed E-state index contributed by atoms with van der Waals surface area (Å²) < 4.78 is 38.8. The Labute approximate surface area is 115 Å². The molecule has 20 heavy (non-hydrogen) atoms. The van der Waals surface area contributed by atoms with Gasteiger partial charge in [-0.25, -0.2) is 0 Å². The van der Waals surface area contributed by atoms with E-state index in [1.54, 1.807) is 11.0 Å². The van der Waals surface area contributed by atoms with Gasteiger partial charge in [0.2, 0.25) is 5.91 Å². The van der Waals surface area contributed by atoms with Crippen LogP contribution in [0.1, 0.15) is 30.4 Å². The second kappa shape index (κ2) is 5.83. The summed E-state index contributed by atoms with van der Waals surface area (Å²) in [6, 6.07) is 5.00. The summed E-state index contributed by atoms with van der Waals surface area (Å²) in [5.41, 5.74) is 4.88. The number of benzene rings is 1. The van der Waals surface area contributed by atoms with Gasteiger partial charge >= 0.3 is 6.18 Å². The van der Waals surface area contributed by atoms with Crippen LogP contribution in [-0.4, -0.2) is 23.4 Å². The molecule has 1 fully saturated rings. The largest absolute Gasteiger partial charge is 0.416 e. The molecule has 3 nitrogen and oxygen atoms in total. The lowest BCUT2D eigenvalue weighted by Gasteiger charge is -2.34. The lowest BCUT2D eigenvalue weighted by atomic mass is 9.99. The van der Waals surface area contributed by atoms with Gasteiger partial charge in [-0.1, -0.05) is 24.6 Å². The van der Waals surface area contributed by atoms with Crippen molar-refractivity contribution in [3.63, 3.8) is 0 Å². The molecular weight excluding hydrogens is 269 g/mol. The van der Waals surface area contributed by atoms with Crippen molar-refractivity contribution >= 4 is 5.91 Å². The molecule has 0 saturated carbocycles. The number of carbonyl (C=O) groups excluding carboxylic acids is 1. The number of amides is 1. The van der Waals surface area contributed by atoms with E-state index in [1.165, 1.54) is 12.1 Å². The van der Waals surface area contributed by atoms with Gasteiger partial charge in [0.05, 0.1) is 11.6 Å². The number of halogens is 3. The smallest absolute Gasteiger partial charge is 0.368 e. The first kappa shape index (κ1) is 14.8. The summed E-state index contributed by atoms with van der Waals surface area (Å²) in [4.78, 5) is 13.1. The van der Waals surface area contributed by atoms with Crippen LogP contribution < -0.4 is 5.73 Å². The van der Waals surface area contributed by atoms with Crippen molar-refractivity contribution in [2.45, 2.75) is 38.0 Å². The Bertz CT molecular complexity index is 488. The molecule has 1 heterocycles. The topological polar surface area (TPSA) is 46.3 Å². The number of hydrogen-bond acceptors (Lipinski definition) is 2. The average molecular weight is 286 g/mol. The van der Waals surface area contributed by atoms with Crippen LogP contribution in [0, 0.1) is 0 Å². The number of primary amides is 1. The van der Waals surface area contributed by atoms with Crippen LogP contribution in [0.4, 0.5) is 13.2 Å². The summed E-state index contributed by atoms with van der Waals surface area (Å²) in [5.74, 6) is -0.464. The van der Waals surface area contributed by atoms with Crippen molar-refractivity contribution in [1.82, 2.24) is 4.90 Å². The van der Waals surface area contributed by atoms with Crippen LogP contribution in [0.25, 0.3) is 0 Å². The van der Waals surface area contributed by atoms with Crippen molar-refractivity contribution in [2.24, 2.45) is 5.73 Å². The van der Waals surface area contributed by atoms with Crippen molar-refractivity contribution in [2.75, 3.05) is 6.54 Å². The van der Waals surface area contributed by atoms with Crippen molar-refractivity contribution < 1.29 is 18.0 Å². The lowest BCUT2D eigenvalue weighted by molar-refractivity contribution is -0.138. The Morgan fingerprint density at radius 1 is 1.30 bits per heavy atom. The molecule has 1 saturated heterocycles. The maximum Gasteiger partial charge on any atom is 0.416 e. The number of alkyl halides is 3. The standard InChI is InChI=1S/C14H17F3N2O/c15-14(16,17)11-6-2-1-5-10(11)9-19-8-4-3-7-12(19)13(18)20/h1-2,5-6,12H,3-4,7-9H2,(H2,18,20). The van der Waals surface area contributed by atoms with Crippen LogP contribution in [0.2, 0.25) is 0 Å². The molecular formula is C14H17F3N2O. The zero-order valence-electron chi connectivity index (χ0n) is 11.0. The van der Waals surface area contributed by atoms with E-state index in [1.807, 2.05) is 0 Å². The fourth-order valence-corrected chi connectivity index (χ4v) is 2.66. The van der Waals surface area contributed by atoms with E-state index < -0.39 is 23.7 Å². The molecule has 110 valence electrons. The minimum absolute atomic E-state index is 0.100. The van der Waals surface area contributed by atoms with E-state index >= 15 is 0 Å². The first-order valence-electron chi connectivity index (χ1n) is 6.58. The maximum absolute atomic E-state index is 12.9. The van der Waals surface area contributed by atoms with Crippen LogP contribution in [0.5, 0.6) is 0 Å². The van der Waals surface area contributed by atoms with Crippen molar-refractivity contribution in [3.8, 4) is 0 Å². The highest BCUT2D eigenvalue weighted by Crippen LogP contribution is 2.33. The van der Waals surface area contributed by atoms with Gasteiger partial charge in [-0.05, 0) is 31.0 Å². The predicted octanol–water partition coefficient (Wildman–Crippen LogP) is 2.55. The number of piperidine rings is 1. The van der Waals surface area contributed by atoms with E-state index in [2.05, 4.69) is 0 Å². The molecule has 1 aliphatic heterocycles. The molecule has 1 atom stereocenters. The minimum atomic E-state index is -4.38. The Morgan fingerprint density at radius 3 is 2.65 bits per heavy atom. The molecule has 1 unspecified atom stereocenters. The van der Waals surface area contributed by atoms with Gasteiger partial charge in [-0.2, -0.15) is 13.2 Å². The Kier molecular flexibility index (Phi) is 4.32. The van der Waals surface area contributed by atoms with Gasteiger partial charge in [-0.3, -0.25) is 9.69 Å². The molecule has 1 aromatic carbocycles. The number of nitrogens with zero attached hydrogens (tertiary/aromatic N) is 1. The summed E-state index contributed by atoms with van der Waals surface area (Å²) in [6.45, 7) is 0.698. The van der Waals surface area contributed by atoms with E-state index in [-0.39, 0.29) is 12.1 Å². The van der Waals surface area contributed by atoms with Crippen molar-refractivity contribution in [1.29, 1.82) is 0 Å². The Morgan fingerprint density at radius 2 is 2.00 bits per heavy atom. The summed E-state index contributed by atoms with van der Waals surface area (Å²) in [7, 11) is 0. The molecule has 2 rings (SSSR count). The van der Waals surface area contributed by atoms with Crippen LogP contribution in [0.3, 0.4) is 0 Å². The van der Waals surface area contributed by atoms with Gasteiger partial charge in [0.1, 0.15) is 0 Å². The number of rotatable bonds is 3. The molecule has 0 aliphatic carbocycles. The quantitative estimate of drug-likeness (QED) is 0.928. The van der Waals surface area contributed by atoms with Crippen LogP contribution >= 0.6 is 0 Å². The highest BCUT2D eigenvalue weighted by atomic mass is 19.4. The second-order valence-corrected chi connectivity index (χ2v) is 5.04. The monoisotopic (exact) mass is 286 g/mol. The van der Waals surface area contributed by atoms with Gasteiger partial charge in [0.15, 0.2) is 0 Å². The zero-order chi connectivity index (χ0) is 14.8. The molecule has 1 aliphatic rings. The summed E-state index contributed by atoms with van der Waals surface area (Å²) >= 11 is 0. The van der Waals surface area contributed by atoms with Crippen LogP contribution in [-0.2, 0) is 17.5 Å². The summed E-state index contributed by atoms with van der Waals surface area (Å²) in [5, 5.41) is 0. The van der Waals surface area contributed by atoms with Crippen LogP contribution in [0.15, 0.2) is 24.3 Å². The second-order valence-electron chi connectivity index (χ2n) is 5.04. The highest BCUT2D eigenvalue weighted by molar-refractivity contribution is 5.79. The highest BCUT2D eigenvalue weighted by Gasteiger charge is 2.34. The zero-order valence-corrected chi connectivity index (χ0v) is 11.0. The molecule has 0 spiro atoms. The predicted molar refractivity (Wildman–Crippen MR) is 68.7 cm³/mol. The first-order chi connectivity index (χ1) is 9.39. The SMILES string of the molecule is NC(=O)C1CCCCN1Cc1ccccc1C(F)(F)F. The number of carbonyl (C=O) groups is 1. The van der Waals surface area contributed by atoms with E-state index in [4.69, 9.17) is 5.73 Å². The molecule has 2 N–H and O–H groups in total. The fourth-order valence-electron chi connectivity index (χ4n) is 2.66. The molecule has 6 heteroatoms. The Hall–Kier alpha value is -1.56. The molecule has 0 bridgehead atoms. The number of likely N-dealkylation sites (tertiary alicyclic amines) is 1. The maximum atomic E-state index is 12.9. The number of nitrogens with two attached hydrogens (primary N) is 1. The van der Waals surface area contributed by atoms with Gasteiger partial charge in [0.25, 0.3) is 0 Å². The third-order valence-electron chi connectivity index (χ3n) is 3.64. The molecule has 0 radical (unpaired) electrons. The molecule has 0 aromatic heterocycles. The molecule has 1 aromatic rings. The number of hydrogen-bond donors (Lipinski definition) is 1. The van der Waals surface area contributed by atoms with Crippen molar-refractivity contribution in [3.05, 3.63) is 35.4 Å². The van der Waals surface area contributed by atoms with Gasteiger partial charge in [0, 0.05) is 6.54 Å². The fraction of sp³-hybridized carbons (Fsp3) is 0.500. The average Bonchev–Trinajstić information content (AvgIpc) is 2.38. The van der Waals surface area contributed by atoms with Gasteiger partial charge in [-0.15, -0.1) is 0 Å². The third kappa shape index (κ3) is 3.30. The Balaban J connectivity index is 2.23. The van der Waals surface area contributed by atoms with Gasteiger partial charge < -0.3 is 5.73 Å². The van der Waals surface area contributed by atoms with E-state index in [0.29, 0.717) is 13.0 Å². The normalized spacial score (nSPS) is 20.9. The van der Waals surface area contributed by atoms with E-state index in [9.17, 15) is 18.0 Å². The first-order valence-corrected chi connectivity index (χ1v) is 6.58. The third-order valence-corrected chi connectivity index (χ3v) is 3.64. The lowest BCUT2D eigenvalue weighted by Crippen LogP contribution is -2.47. The van der Waals surface area contributed by atoms with E-state index in [0.717, 1.165) is 18.9 Å². The minimum Gasteiger partial charge on any atom is -0.368 e. The molecule has 1 amide bonds.